The molecule has 5 atom stereocenters. The summed E-state index contributed by atoms with van der Waals surface area (Å²) in [6.45, 7) is 5.07. The lowest BCUT2D eigenvalue weighted by molar-refractivity contribution is -0.161. The van der Waals surface area contributed by atoms with Gasteiger partial charge in [0, 0.05) is 25.7 Å². The van der Waals surface area contributed by atoms with Crippen molar-refractivity contribution in [1.29, 1.82) is 0 Å². The van der Waals surface area contributed by atoms with Gasteiger partial charge < -0.3 is 33.8 Å². The third-order valence-electron chi connectivity index (χ3n) is 21.1. The number of unbranched alkanes of at least 4 members (excludes halogenated alkanes) is 64. The molecule has 3 N–H and O–H groups in total. The third kappa shape index (κ3) is 82.1. The predicted octanol–water partition coefficient (Wildman–Crippen LogP) is 27.7. The van der Waals surface area contributed by atoms with E-state index >= 15 is 0 Å². The molecule has 0 saturated carbocycles. The zero-order valence-electron chi connectivity index (χ0n) is 70.8. The summed E-state index contributed by atoms with van der Waals surface area (Å²) in [6, 6.07) is 0. The molecule has 0 aliphatic carbocycles. The maximum atomic E-state index is 13.2. The minimum atomic E-state index is -4.97. The van der Waals surface area contributed by atoms with Crippen LogP contribution in [0.3, 0.4) is 0 Å². The standard InChI is InChI=1S/C89H174O17P2/c1-5-9-13-17-21-25-29-33-36-38-40-42-44-46-48-51-54-58-62-66-70-74-87(92)100-80-85(106-89(94)76-72-68-64-60-56-52-49-47-45-43-41-39-37-34-30-26-22-18-14-10-6-2)82-104-108(97,98)102-78-83(90)77-101-107(95,96)103-81-84(79-99-86(91)73-69-65-61-57-53-32-28-24-20-16-12-8-4)105-88(93)75-71-67-63-59-55-50-35-31-27-23-19-15-11-7-3/h83-85,90H,5-82H2,1-4H3,(H,95,96)(H,97,98)/t83-,84+,85+/m0/s1. The van der Waals surface area contributed by atoms with E-state index in [1.165, 1.54) is 321 Å². The van der Waals surface area contributed by atoms with Crippen LogP contribution in [0.5, 0.6) is 0 Å². The normalized spacial score (nSPS) is 13.7. The molecule has 0 spiro atoms. The second-order valence-electron chi connectivity index (χ2n) is 32.0. The summed E-state index contributed by atoms with van der Waals surface area (Å²) < 4.78 is 69.0. The molecule has 0 fully saturated rings. The van der Waals surface area contributed by atoms with E-state index in [1.807, 2.05) is 0 Å². The summed E-state index contributed by atoms with van der Waals surface area (Å²) in [4.78, 5) is 73.3. The van der Waals surface area contributed by atoms with Gasteiger partial charge in [-0.1, -0.05) is 439 Å². The van der Waals surface area contributed by atoms with E-state index < -0.39 is 97.5 Å². The maximum Gasteiger partial charge on any atom is 0.472 e. The number of carbonyl (C=O) groups is 4. The molecule has 19 heteroatoms. The van der Waals surface area contributed by atoms with Crippen molar-refractivity contribution in [2.24, 2.45) is 0 Å². The summed E-state index contributed by atoms with van der Waals surface area (Å²) in [6.07, 6.45) is 79.2. The van der Waals surface area contributed by atoms with Crippen LogP contribution in [0.15, 0.2) is 0 Å². The average Bonchev–Trinajstić information content (AvgIpc) is 0.907. The van der Waals surface area contributed by atoms with Crippen LogP contribution >= 0.6 is 15.6 Å². The first-order chi connectivity index (χ1) is 52.7. The average molecular weight is 1580 g/mol. The summed E-state index contributed by atoms with van der Waals surface area (Å²) in [5.74, 6) is -2.09. The molecule has 0 aromatic rings. The van der Waals surface area contributed by atoms with Crippen LogP contribution in [0.25, 0.3) is 0 Å². The second-order valence-corrected chi connectivity index (χ2v) is 34.9. The summed E-state index contributed by atoms with van der Waals surface area (Å²) in [5.41, 5.74) is 0. The number of ether oxygens (including phenoxy) is 4. The Kier molecular flexibility index (Phi) is 81.5. The van der Waals surface area contributed by atoms with Gasteiger partial charge >= 0.3 is 39.5 Å². The van der Waals surface area contributed by atoms with Gasteiger partial charge in [0.05, 0.1) is 26.4 Å². The Hall–Kier alpha value is -1.94. The smallest absolute Gasteiger partial charge is 0.462 e. The Bertz CT molecular complexity index is 2030. The highest BCUT2D eigenvalue weighted by atomic mass is 31.2. The van der Waals surface area contributed by atoms with Crippen molar-refractivity contribution in [2.75, 3.05) is 39.6 Å². The first-order valence-corrected chi connectivity index (χ1v) is 49.3. The maximum absolute atomic E-state index is 13.2. The Morgan fingerprint density at radius 1 is 0.222 bits per heavy atom. The minimum absolute atomic E-state index is 0.109. The molecule has 0 amide bonds. The quantitative estimate of drug-likeness (QED) is 0.0222. The van der Waals surface area contributed by atoms with E-state index in [0.717, 1.165) is 89.9 Å². The Morgan fingerprint density at radius 2 is 0.370 bits per heavy atom. The number of aliphatic hydroxyl groups excluding tert-OH is 1. The molecule has 0 aromatic carbocycles. The fourth-order valence-electron chi connectivity index (χ4n) is 14.1. The highest BCUT2D eigenvalue weighted by Gasteiger charge is 2.30. The van der Waals surface area contributed by atoms with Crippen molar-refractivity contribution in [3.63, 3.8) is 0 Å². The van der Waals surface area contributed by atoms with Gasteiger partial charge in [-0.2, -0.15) is 0 Å². The summed E-state index contributed by atoms with van der Waals surface area (Å²) >= 11 is 0. The van der Waals surface area contributed by atoms with Crippen molar-refractivity contribution in [1.82, 2.24) is 0 Å². The van der Waals surface area contributed by atoms with Crippen LogP contribution in [-0.2, 0) is 65.4 Å². The molecular formula is C89H174O17P2. The van der Waals surface area contributed by atoms with E-state index in [4.69, 9.17) is 37.0 Å². The number of esters is 4. The molecule has 0 heterocycles. The SMILES string of the molecule is CCCCCCCCCCCCCCCCCCCCCCCC(=O)OC[C@H](COP(=O)(O)OC[C@@H](O)COP(=O)(O)OC[C@@H](COC(=O)CCCCCCCCCCCCCC)OC(=O)CCCCCCCCCCCCCCCC)OC(=O)CCCCCCCCCCCCCCCCCCCCCCC. The molecule has 2 unspecified atom stereocenters. The lowest BCUT2D eigenvalue weighted by Crippen LogP contribution is -2.30. The Morgan fingerprint density at radius 3 is 0.546 bits per heavy atom. The molecule has 17 nitrogen and oxygen atoms in total. The number of carbonyl (C=O) groups excluding carboxylic acids is 4. The highest BCUT2D eigenvalue weighted by Crippen LogP contribution is 2.45. The number of hydrogen-bond acceptors (Lipinski definition) is 15. The van der Waals surface area contributed by atoms with Crippen LogP contribution in [-0.4, -0.2) is 96.7 Å². The van der Waals surface area contributed by atoms with Gasteiger partial charge in [0.25, 0.3) is 0 Å². The van der Waals surface area contributed by atoms with Gasteiger partial charge in [0.15, 0.2) is 12.2 Å². The van der Waals surface area contributed by atoms with Crippen LogP contribution in [0.1, 0.15) is 490 Å². The topological polar surface area (TPSA) is 237 Å². The van der Waals surface area contributed by atoms with Crippen molar-refractivity contribution >= 4 is 39.5 Å². The van der Waals surface area contributed by atoms with E-state index in [-0.39, 0.29) is 25.7 Å². The molecule has 0 rings (SSSR count). The van der Waals surface area contributed by atoms with E-state index in [1.54, 1.807) is 0 Å². The largest absolute Gasteiger partial charge is 0.472 e. The van der Waals surface area contributed by atoms with Gasteiger partial charge in [-0.25, -0.2) is 9.13 Å². The molecule has 0 aromatic heterocycles. The lowest BCUT2D eigenvalue weighted by atomic mass is 10.0. The minimum Gasteiger partial charge on any atom is -0.462 e. The second kappa shape index (κ2) is 83.0. The van der Waals surface area contributed by atoms with Gasteiger partial charge in [0.2, 0.25) is 0 Å². The fourth-order valence-corrected chi connectivity index (χ4v) is 15.6. The van der Waals surface area contributed by atoms with Crippen LogP contribution in [0.2, 0.25) is 0 Å². The number of aliphatic hydroxyl groups is 1. The predicted molar refractivity (Wildman–Crippen MR) is 446 cm³/mol. The van der Waals surface area contributed by atoms with Crippen molar-refractivity contribution in [3.05, 3.63) is 0 Å². The monoisotopic (exact) mass is 1580 g/mol. The van der Waals surface area contributed by atoms with Crippen molar-refractivity contribution in [2.45, 2.75) is 508 Å². The summed E-state index contributed by atoms with van der Waals surface area (Å²) in [5, 5.41) is 10.7. The molecular weight excluding hydrogens is 1400 g/mol. The van der Waals surface area contributed by atoms with Crippen molar-refractivity contribution in [3.8, 4) is 0 Å². The van der Waals surface area contributed by atoms with Crippen LogP contribution in [0, 0.1) is 0 Å². The molecule has 0 bridgehead atoms. The first-order valence-electron chi connectivity index (χ1n) is 46.3. The van der Waals surface area contributed by atoms with Crippen LogP contribution < -0.4 is 0 Å². The Labute approximate surface area is 664 Å². The van der Waals surface area contributed by atoms with Crippen LogP contribution in [0.4, 0.5) is 0 Å². The zero-order valence-corrected chi connectivity index (χ0v) is 72.6. The molecule has 0 radical (unpaired) electrons. The van der Waals surface area contributed by atoms with Crippen molar-refractivity contribution < 1.29 is 80.2 Å². The Balaban J connectivity index is 5.22. The number of phosphoric acid groups is 2. The molecule has 108 heavy (non-hydrogen) atoms. The summed E-state index contributed by atoms with van der Waals surface area (Å²) in [7, 11) is -9.93. The fraction of sp³-hybridized carbons (Fsp3) is 0.955. The number of hydrogen-bond donors (Lipinski definition) is 3. The van der Waals surface area contributed by atoms with Gasteiger partial charge in [0.1, 0.15) is 19.3 Å². The molecule has 0 aliphatic heterocycles. The van der Waals surface area contributed by atoms with Gasteiger partial charge in [-0.15, -0.1) is 0 Å². The zero-order chi connectivity index (χ0) is 78.9. The van der Waals surface area contributed by atoms with E-state index in [2.05, 4.69) is 27.7 Å². The molecule has 0 saturated heterocycles. The van der Waals surface area contributed by atoms with E-state index in [9.17, 15) is 43.2 Å². The highest BCUT2D eigenvalue weighted by molar-refractivity contribution is 7.47. The number of rotatable bonds is 90. The van der Waals surface area contributed by atoms with Gasteiger partial charge in [-0.3, -0.25) is 37.3 Å². The molecule has 0 aliphatic rings. The van der Waals surface area contributed by atoms with E-state index in [0.29, 0.717) is 25.7 Å². The van der Waals surface area contributed by atoms with Gasteiger partial charge in [-0.05, 0) is 25.7 Å². The first kappa shape index (κ1) is 106. The number of phosphoric ester groups is 2. The molecule has 642 valence electrons. The lowest BCUT2D eigenvalue weighted by Gasteiger charge is -2.21. The third-order valence-corrected chi connectivity index (χ3v) is 23.0.